The van der Waals surface area contributed by atoms with E-state index >= 15 is 0 Å². The highest BCUT2D eigenvalue weighted by Gasteiger charge is 2.31. The zero-order valence-electron chi connectivity index (χ0n) is 17.3. The Balaban J connectivity index is 1.55. The molecule has 3 N–H and O–H groups in total. The Morgan fingerprint density at radius 2 is 2.00 bits per heavy atom. The molecule has 0 aliphatic carbocycles. The Kier molecular flexibility index (Phi) is 6.23. The number of aliphatic hydroxyl groups excluding tert-OH is 2. The lowest BCUT2D eigenvalue weighted by Crippen LogP contribution is -2.16. The lowest BCUT2D eigenvalue weighted by Gasteiger charge is -2.07. The maximum atomic E-state index is 12.5. The number of aryl methyl sites for hydroxylation is 1. The number of carbonyl (C=O) groups excluding carboxylic acids is 1. The number of ketones is 1. The average molecular weight is 480 g/mol. The van der Waals surface area contributed by atoms with Gasteiger partial charge in [-0.2, -0.15) is 0 Å². The number of imidazole rings is 1. The molecule has 0 spiro atoms. The van der Waals surface area contributed by atoms with E-state index in [9.17, 15) is 23.1 Å². The quantitative estimate of drug-likeness (QED) is 0.325. The van der Waals surface area contributed by atoms with Crippen molar-refractivity contribution in [2.75, 3.05) is 11.9 Å². The van der Waals surface area contributed by atoms with Crippen LogP contribution in [0.2, 0.25) is 0 Å². The van der Waals surface area contributed by atoms with Gasteiger partial charge in [0.05, 0.1) is 34.0 Å². The number of nitrogens with zero attached hydrogens (tertiary/aromatic N) is 3. The number of carbonyl (C=O) groups is 1. The van der Waals surface area contributed by atoms with Crippen LogP contribution in [-0.4, -0.2) is 49.6 Å². The molecular formula is C21H19F3N4O4S. The topological polar surface area (TPSA) is 110 Å². The number of hydrogen-bond donors (Lipinski definition) is 3. The van der Waals surface area contributed by atoms with Crippen molar-refractivity contribution in [2.24, 2.45) is 7.05 Å². The minimum absolute atomic E-state index is 0.0942. The van der Waals surface area contributed by atoms with E-state index in [0.29, 0.717) is 32.4 Å². The van der Waals surface area contributed by atoms with Gasteiger partial charge in [-0.15, -0.1) is 13.2 Å². The number of alkyl halides is 3. The van der Waals surface area contributed by atoms with Gasteiger partial charge < -0.3 is 24.8 Å². The number of nitrogens with one attached hydrogen (secondary N) is 1. The number of halogens is 3. The molecule has 8 nitrogen and oxygen atoms in total. The zero-order valence-corrected chi connectivity index (χ0v) is 18.1. The monoisotopic (exact) mass is 480 g/mol. The van der Waals surface area contributed by atoms with Gasteiger partial charge in [0.2, 0.25) is 5.95 Å². The molecule has 2 aromatic heterocycles. The number of ether oxygens (including phenoxy) is 1. The summed E-state index contributed by atoms with van der Waals surface area (Å²) in [5, 5.41) is 21.8. The minimum Gasteiger partial charge on any atom is -0.406 e. The fraction of sp³-hybridized carbons (Fsp3) is 0.286. The van der Waals surface area contributed by atoms with Crippen LogP contribution in [0.1, 0.15) is 23.2 Å². The first-order chi connectivity index (χ1) is 15.6. The van der Waals surface area contributed by atoms with Gasteiger partial charge >= 0.3 is 6.36 Å². The van der Waals surface area contributed by atoms with Gasteiger partial charge in [0, 0.05) is 25.1 Å². The van der Waals surface area contributed by atoms with E-state index in [2.05, 4.69) is 20.0 Å². The molecule has 0 aliphatic heterocycles. The summed E-state index contributed by atoms with van der Waals surface area (Å²) < 4.78 is 43.6. The highest BCUT2D eigenvalue weighted by Crippen LogP contribution is 2.33. The van der Waals surface area contributed by atoms with Crippen LogP contribution < -0.4 is 10.1 Å². The van der Waals surface area contributed by atoms with Crippen molar-refractivity contribution in [1.82, 2.24) is 14.5 Å². The fourth-order valence-corrected chi connectivity index (χ4v) is 4.16. The van der Waals surface area contributed by atoms with Crippen LogP contribution in [0.3, 0.4) is 0 Å². The number of thiazole rings is 1. The van der Waals surface area contributed by atoms with Gasteiger partial charge in [-0.3, -0.25) is 4.79 Å². The smallest absolute Gasteiger partial charge is 0.406 e. The molecule has 4 rings (SSSR count). The van der Waals surface area contributed by atoms with E-state index in [-0.39, 0.29) is 24.4 Å². The van der Waals surface area contributed by atoms with Crippen molar-refractivity contribution in [3.05, 3.63) is 42.0 Å². The maximum Gasteiger partial charge on any atom is 0.573 e. The molecule has 2 heterocycles. The molecule has 12 heteroatoms. The second-order valence-electron chi connectivity index (χ2n) is 7.32. The number of benzene rings is 2. The Morgan fingerprint density at radius 3 is 2.73 bits per heavy atom. The van der Waals surface area contributed by atoms with Crippen molar-refractivity contribution >= 4 is 49.4 Å². The van der Waals surface area contributed by atoms with Crippen LogP contribution in [0.5, 0.6) is 5.75 Å². The molecule has 4 aromatic rings. The van der Waals surface area contributed by atoms with E-state index in [4.69, 9.17) is 5.11 Å². The molecule has 1 atom stereocenters. The molecule has 0 aliphatic rings. The molecule has 2 aromatic carbocycles. The number of anilines is 2. The van der Waals surface area contributed by atoms with Crippen LogP contribution in [0.4, 0.5) is 24.3 Å². The van der Waals surface area contributed by atoms with E-state index in [1.165, 1.54) is 18.2 Å². The predicted molar refractivity (Wildman–Crippen MR) is 117 cm³/mol. The SMILES string of the molecule is Cn1c(Nc2nc3ccc(OC(F)(F)F)cc3s2)nc2cc(C(=O)CC[C@H](O)CO)ccc21. The van der Waals surface area contributed by atoms with Crippen molar-refractivity contribution in [3.63, 3.8) is 0 Å². The molecule has 0 amide bonds. The van der Waals surface area contributed by atoms with Gasteiger partial charge in [0.1, 0.15) is 5.75 Å². The van der Waals surface area contributed by atoms with Crippen molar-refractivity contribution in [2.45, 2.75) is 25.3 Å². The number of fused-ring (bicyclic) bond motifs is 2. The largest absolute Gasteiger partial charge is 0.573 e. The lowest BCUT2D eigenvalue weighted by atomic mass is 10.0. The molecule has 0 saturated heterocycles. The van der Waals surface area contributed by atoms with Crippen LogP contribution >= 0.6 is 11.3 Å². The third-order valence-corrected chi connectivity index (χ3v) is 5.86. The Bertz CT molecular complexity index is 1320. The minimum atomic E-state index is -4.77. The lowest BCUT2D eigenvalue weighted by molar-refractivity contribution is -0.274. The average Bonchev–Trinajstić information content (AvgIpc) is 3.30. The number of Topliss-reactive ketones (excluding diaryl/α,β-unsaturated/α-hetero) is 1. The second kappa shape index (κ2) is 8.96. The molecule has 0 saturated carbocycles. The third kappa shape index (κ3) is 5.24. The maximum absolute atomic E-state index is 12.5. The van der Waals surface area contributed by atoms with E-state index in [0.717, 1.165) is 16.9 Å². The summed E-state index contributed by atoms with van der Waals surface area (Å²) in [6.07, 6.45) is -5.45. The summed E-state index contributed by atoms with van der Waals surface area (Å²) in [6.45, 7) is -0.399. The van der Waals surface area contributed by atoms with Gasteiger partial charge in [0.15, 0.2) is 10.9 Å². The predicted octanol–water partition coefficient (Wildman–Crippen LogP) is 4.14. The Hall–Kier alpha value is -3.22. The van der Waals surface area contributed by atoms with Gasteiger partial charge in [-0.05, 0) is 36.8 Å². The fourth-order valence-electron chi connectivity index (χ4n) is 3.27. The van der Waals surface area contributed by atoms with Crippen molar-refractivity contribution < 1.29 is 32.9 Å². The van der Waals surface area contributed by atoms with Crippen molar-refractivity contribution in [1.29, 1.82) is 0 Å². The van der Waals surface area contributed by atoms with E-state index < -0.39 is 19.1 Å². The normalized spacial score (nSPS) is 12.9. The van der Waals surface area contributed by atoms with Crippen molar-refractivity contribution in [3.8, 4) is 5.75 Å². The first kappa shape index (κ1) is 23.0. The van der Waals surface area contributed by atoms with Crippen LogP contribution in [0.25, 0.3) is 21.3 Å². The van der Waals surface area contributed by atoms with E-state index in [1.54, 1.807) is 29.8 Å². The third-order valence-electron chi connectivity index (χ3n) is 4.93. The van der Waals surface area contributed by atoms with Crippen LogP contribution in [-0.2, 0) is 7.05 Å². The highest BCUT2D eigenvalue weighted by molar-refractivity contribution is 7.22. The van der Waals surface area contributed by atoms with Crippen LogP contribution in [0.15, 0.2) is 36.4 Å². The Labute approximate surface area is 189 Å². The molecule has 0 unspecified atom stereocenters. The molecule has 0 fully saturated rings. The summed E-state index contributed by atoms with van der Waals surface area (Å²) in [5.41, 5.74) is 2.27. The second-order valence-corrected chi connectivity index (χ2v) is 8.35. The first-order valence-electron chi connectivity index (χ1n) is 9.85. The molecule has 0 radical (unpaired) electrons. The summed E-state index contributed by atoms with van der Waals surface area (Å²) in [5.74, 6) is -0.0552. The van der Waals surface area contributed by atoms with E-state index in [1.807, 2.05) is 0 Å². The summed E-state index contributed by atoms with van der Waals surface area (Å²) in [6, 6.07) is 8.98. The number of aromatic nitrogens is 3. The molecular weight excluding hydrogens is 461 g/mol. The number of aliphatic hydroxyl groups is 2. The standard InChI is InChI=1S/C21H19F3N4O4S/c1-28-16-6-2-11(17(31)7-3-12(30)10-29)8-15(16)25-19(28)27-20-26-14-5-4-13(9-18(14)33-20)32-21(22,23)24/h2,4-6,8-9,12,29-30H,3,7,10H2,1H3,(H,25,26,27)/t12-/m0/s1. The summed E-state index contributed by atoms with van der Waals surface area (Å²) >= 11 is 1.15. The summed E-state index contributed by atoms with van der Waals surface area (Å²) in [4.78, 5) is 21.2. The van der Waals surface area contributed by atoms with Gasteiger partial charge in [-0.25, -0.2) is 9.97 Å². The number of rotatable bonds is 8. The van der Waals surface area contributed by atoms with Gasteiger partial charge in [0.25, 0.3) is 0 Å². The highest BCUT2D eigenvalue weighted by atomic mass is 32.1. The zero-order chi connectivity index (χ0) is 23.8. The number of hydrogen-bond acceptors (Lipinski definition) is 8. The molecule has 174 valence electrons. The molecule has 33 heavy (non-hydrogen) atoms. The molecule has 0 bridgehead atoms. The van der Waals surface area contributed by atoms with Crippen LogP contribution in [0, 0.1) is 0 Å². The van der Waals surface area contributed by atoms with Gasteiger partial charge in [-0.1, -0.05) is 11.3 Å². The Morgan fingerprint density at radius 1 is 1.21 bits per heavy atom. The first-order valence-corrected chi connectivity index (χ1v) is 10.7. The summed E-state index contributed by atoms with van der Waals surface area (Å²) in [7, 11) is 1.78.